The highest BCUT2D eigenvalue weighted by atomic mass is 32.1. The average Bonchev–Trinajstić information content (AvgIpc) is 2.88. The van der Waals surface area contributed by atoms with Gasteiger partial charge in [-0.2, -0.15) is 11.3 Å². The lowest BCUT2D eigenvalue weighted by molar-refractivity contribution is -0.123. The predicted molar refractivity (Wildman–Crippen MR) is 75.6 cm³/mol. The molecule has 0 radical (unpaired) electrons. The van der Waals surface area contributed by atoms with E-state index in [0.29, 0.717) is 12.3 Å². The van der Waals surface area contributed by atoms with Gasteiger partial charge in [-0.15, -0.1) is 0 Å². The summed E-state index contributed by atoms with van der Waals surface area (Å²) in [6.45, 7) is 6.20. The van der Waals surface area contributed by atoms with E-state index in [9.17, 15) is 9.90 Å². The molecule has 0 spiro atoms. The Bertz CT molecular complexity index is 356. The normalized spacial score (nSPS) is 14.5. The van der Waals surface area contributed by atoms with Gasteiger partial charge in [-0.05, 0) is 35.2 Å². The van der Waals surface area contributed by atoms with Crippen molar-refractivity contribution in [3.8, 4) is 0 Å². The molecule has 0 bridgehead atoms. The molecule has 0 saturated carbocycles. The fourth-order valence-electron chi connectivity index (χ4n) is 1.86. The number of amides is 1. The molecule has 102 valence electrons. The number of carbonyl (C=O) groups excluding carboxylic acids is 1. The van der Waals surface area contributed by atoms with Gasteiger partial charge >= 0.3 is 0 Å². The third-order valence-electron chi connectivity index (χ3n) is 3.40. The molecule has 1 unspecified atom stereocenters. The summed E-state index contributed by atoms with van der Waals surface area (Å²) in [5, 5.41) is 16.9. The summed E-state index contributed by atoms with van der Waals surface area (Å²) in [5.74, 6) is 0.468. The standard InChI is InChI=1S/C14H23NO2S/c1-4-11(5-2)8-13(16)15-10-14(3,17)12-6-7-18-9-12/h6-7,9,11,17H,4-5,8,10H2,1-3H3,(H,15,16). The Morgan fingerprint density at radius 3 is 2.67 bits per heavy atom. The van der Waals surface area contributed by atoms with Crippen LogP contribution in [0.1, 0.15) is 45.6 Å². The third kappa shape index (κ3) is 4.42. The van der Waals surface area contributed by atoms with Gasteiger partial charge in [0.25, 0.3) is 0 Å². The summed E-state index contributed by atoms with van der Waals surface area (Å²) < 4.78 is 0. The van der Waals surface area contributed by atoms with E-state index in [-0.39, 0.29) is 12.5 Å². The van der Waals surface area contributed by atoms with Gasteiger partial charge in [0.1, 0.15) is 5.60 Å². The van der Waals surface area contributed by atoms with Gasteiger partial charge in [0.05, 0.1) is 6.54 Å². The molecule has 1 aromatic heterocycles. The smallest absolute Gasteiger partial charge is 0.220 e. The first kappa shape index (κ1) is 15.2. The van der Waals surface area contributed by atoms with E-state index >= 15 is 0 Å². The highest BCUT2D eigenvalue weighted by molar-refractivity contribution is 7.08. The molecule has 0 aliphatic carbocycles. The van der Waals surface area contributed by atoms with E-state index in [4.69, 9.17) is 0 Å². The molecule has 0 aliphatic rings. The van der Waals surface area contributed by atoms with Crippen LogP contribution in [0.4, 0.5) is 0 Å². The van der Waals surface area contributed by atoms with Crippen LogP contribution in [-0.4, -0.2) is 17.6 Å². The Balaban J connectivity index is 2.43. The van der Waals surface area contributed by atoms with Crippen LogP contribution in [0.5, 0.6) is 0 Å². The first-order valence-electron chi connectivity index (χ1n) is 6.51. The SMILES string of the molecule is CCC(CC)CC(=O)NCC(C)(O)c1ccsc1. The highest BCUT2D eigenvalue weighted by Gasteiger charge is 2.24. The topological polar surface area (TPSA) is 49.3 Å². The first-order valence-corrected chi connectivity index (χ1v) is 7.45. The molecule has 1 atom stereocenters. The van der Waals surface area contributed by atoms with Crippen LogP contribution in [0, 0.1) is 5.92 Å². The van der Waals surface area contributed by atoms with Crippen LogP contribution in [0.25, 0.3) is 0 Å². The Labute approximate surface area is 113 Å². The summed E-state index contributed by atoms with van der Waals surface area (Å²) in [6.07, 6.45) is 2.59. The average molecular weight is 269 g/mol. The Morgan fingerprint density at radius 2 is 2.17 bits per heavy atom. The Kier molecular flexibility index (Phi) is 5.82. The Hall–Kier alpha value is -0.870. The van der Waals surface area contributed by atoms with Crippen LogP contribution in [-0.2, 0) is 10.4 Å². The molecular weight excluding hydrogens is 246 g/mol. The van der Waals surface area contributed by atoms with Crippen LogP contribution in [0.15, 0.2) is 16.8 Å². The second-order valence-electron chi connectivity index (χ2n) is 4.95. The number of hydrogen-bond donors (Lipinski definition) is 2. The van der Waals surface area contributed by atoms with Crippen LogP contribution < -0.4 is 5.32 Å². The van der Waals surface area contributed by atoms with Gasteiger partial charge < -0.3 is 10.4 Å². The molecule has 1 amide bonds. The Morgan fingerprint density at radius 1 is 1.50 bits per heavy atom. The fourth-order valence-corrected chi connectivity index (χ4v) is 2.64. The van der Waals surface area contributed by atoms with E-state index < -0.39 is 5.60 Å². The van der Waals surface area contributed by atoms with Gasteiger partial charge in [0.15, 0.2) is 0 Å². The molecule has 2 N–H and O–H groups in total. The maximum absolute atomic E-state index is 11.8. The molecule has 1 rings (SSSR count). The summed E-state index contributed by atoms with van der Waals surface area (Å²) in [4.78, 5) is 11.8. The van der Waals surface area contributed by atoms with Crippen molar-refractivity contribution in [1.29, 1.82) is 0 Å². The number of aliphatic hydroxyl groups is 1. The molecule has 3 nitrogen and oxygen atoms in total. The van der Waals surface area contributed by atoms with Crippen LogP contribution in [0.3, 0.4) is 0 Å². The van der Waals surface area contributed by atoms with Crippen LogP contribution in [0.2, 0.25) is 0 Å². The van der Waals surface area contributed by atoms with Crippen molar-refractivity contribution < 1.29 is 9.90 Å². The van der Waals surface area contributed by atoms with Crippen molar-refractivity contribution >= 4 is 17.2 Å². The van der Waals surface area contributed by atoms with Gasteiger partial charge in [-0.3, -0.25) is 4.79 Å². The molecule has 1 heterocycles. The monoisotopic (exact) mass is 269 g/mol. The highest BCUT2D eigenvalue weighted by Crippen LogP contribution is 2.22. The number of hydrogen-bond acceptors (Lipinski definition) is 3. The van der Waals surface area contributed by atoms with Crippen molar-refractivity contribution in [2.75, 3.05) is 6.54 Å². The summed E-state index contributed by atoms with van der Waals surface area (Å²) in [5.41, 5.74) is -0.126. The van der Waals surface area contributed by atoms with Gasteiger partial charge in [0.2, 0.25) is 5.91 Å². The zero-order valence-corrected chi connectivity index (χ0v) is 12.2. The van der Waals surface area contributed by atoms with Crippen molar-refractivity contribution in [2.45, 2.75) is 45.6 Å². The largest absolute Gasteiger partial charge is 0.384 e. The van der Waals surface area contributed by atoms with Crippen LogP contribution >= 0.6 is 11.3 Å². The minimum absolute atomic E-state index is 0.0270. The van der Waals surface area contributed by atoms with E-state index in [2.05, 4.69) is 19.2 Å². The van der Waals surface area contributed by atoms with Gasteiger partial charge in [0, 0.05) is 6.42 Å². The second kappa shape index (κ2) is 6.90. The fraction of sp³-hybridized carbons (Fsp3) is 0.643. The van der Waals surface area contributed by atoms with Crippen molar-refractivity contribution in [3.63, 3.8) is 0 Å². The predicted octanol–water partition coefficient (Wildman–Crippen LogP) is 2.90. The minimum Gasteiger partial charge on any atom is -0.384 e. The zero-order valence-electron chi connectivity index (χ0n) is 11.4. The lowest BCUT2D eigenvalue weighted by Crippen LogP contribution is -2.38. The number of nitrogens with one attached hydrogen (secondary N) is 1. The maximum Gasteiger partial charge on any atom is 0.220 e. The van der Waals surface area contributed by atoms with Crippen molar-refractivity contribution in [2.24, 2.45) is 5.92 Å². The third-order valence-corrected chi connectivity index (χ3v) is 4.08. The molecule has 1 aromatic rings. The zero-order chi connectivity index (χ0) is 13.6. The molecular formula is C14H23NO2S. The quantitative estimate of drug-likeness (QED) is 0.799. The van der Waals surface area contributed by atoms with Gasteiger partial charge in [-0.1, -0.05) is 26.7 Å². The number of thiophene rings is 1. The number of rotatable bonds is 7. The number of carbonyl (C=O) groups is 1. The maximum atomic E-state index is 11.8. The van der Waals surface area contributed by atoms with Crippen molar-refractivity contribution in [1.82, 2.24) is 5.32 Å². The summed E-state index contributed by atoms with van der Waals surface area (Å²) in [6, 6.07) is 1.89. The van der Waals surface area contributed by atoms with E-state index in [1.807, 2.05) is 16.8 Å². The first-order chi connectivity index (χ1) is 8.49. The molecule has 4 heteroatoms. The van der Waals surface area contributed by atoms with E-state index in [1.165, 1.54) is 0 Å². The lowest BCUT2D eigenvalue weighted by Gasteiger charge is -2.23. The summed E-state index contributed by atoms with van der Waals surface area (Å²) in [7, 11) is 0. The minimum atomic E-state index is -0.983. The molecule has 0 aromatic carbocycles. The summed E-state index contributed by atoms with van der Waals surface area (Å²) >= 11 is 1.55. The second-order valence-corrected chi connectivity index (χ2v) is 5.73. The van der Waals surface area contributed by atoms with E-state index in [1.54, 1.807) is 18.3 Å². The molecule has 0 fully saturated rings. The van der Waals surface area contributed by atoms with Gasteiger partial charge in [-0.25, -0.2) is 0 Å². The van der Waals surface area contributed by atoms with E-state index in [0.717, 1.165) is 18.4 Å². The molecule has 18 heavy (non-hydrogen) atoms. The van der Waals surface area contributed by atoms with Crippen molar-refractivity contribution in [3.05, 3.63) is 22.4 Å². The molecule has 0 saturated heterocycles. The lowest BCUT2D eigenvalue weighted by atomic mass is 9.97. The molecule has 0 aliphatic heterocycles.